The smallest absolute Gasteiger partial charge is 0.409 e. The van der Waals surface area contributed by atoms with Crippen molar-refractivity contribution in [3.63, 3.8) is 0 Å². The van der Waals surface area contributed by atoms with Gasteiger partial charge in [-0.3, -0.25) is 19.3 Å². The average Bonchev–Trinajstić information content (AvgIpc) is 3.05. The molecule has 1 atom stereocenters. The summed E-state index contributed by atoms with van der Waals surface area (Å²) in [4.78, 5) is 64.9. The van der Waals surface area contributed by atoms with E-state index < -0.39 is 29.9 Å². The molecule has 14 heteroatoms. The number of aliphatic carboxylic acids is 1. The molecule has 2 fully saturated rings. The number of nitrogens with zero attached hydrogens (tertiary/aromatic N) is 5. The van der Waals surface area contributed by atoms with Crippen molar-refractivity contribution in [2.24, 2.45) is 0 Å². The molecule has 0 radical (unpaired) electrons. The maximum Gasteiger partial charge on any atom is 0.409 e. The molecule has 1 aromatic heterocycles. The zero-order chi connectivity index (χ0) is 31.3. The summed E-state index contributed by atoms with van der Waals surface area (Å²) in [5.74, 6) is -1.30. The number of carboxylic acids is 1. The molecule has 44 heavy (non-hydrogen) atoms. The highest BCUT2D eigenvalue weighted by atomic mass is 16.6. The van der Waals surface area contributed by atoms with E-state index in [1.807, 2.05) is 30.3 Å². The lowest BCUT2D eigenvalue weighted by molar-refractivity contribution is -0.138. The molecule has 14 nitrogen and oxygen atoms in total. The van der Waals surface area contributed by atoms with Gasteiger partial charge in [0.05, 0.1) is 19.8 Å². The Morgan fingerprint density at radius 1 is 1.00 bits per heavy atom. The maximum atomic E-state index is 13.5. The first-order valence-electron chi connectivity index (χ1n) is 15.1. The molecular weight excluding hydrogens is 570 g/mol. The number of morpholine rings is 1. The van der Waals surface area contributed by atoms with E-state index in [4.69, 9.17) is 9.47 Å². The van der Waals surface area contributed by atoms with Crippen molar-refractivity contribution in [1.29, 1.82) is 0 Å². The fraction of sp³-hybridized carbons (Fsp3) is 0.533. The number of piperazine rings is 1. The molecule has 1 unspecified atom stereocenters. The van der Waals surface area contributed by atoms with Crippen LogP contribution in [0.5, 0.6) is 0 Å². The summed E-state index contributed by atoms with van der Waals surface area (Å²) in [5.41, 5.74) is 0.770. The van der Waals surface area contributed by atoms with E-state index in [2.05, 4.69) is 25.5 Å². The van der Waals surface area contributed by atoms with Crippen LogP contribution < -0.4 is 10.6 Å². The van der Waals surface area contributed by atoms with Gasteiger partial charge in [-0.15, -0.1) is 0 Å². The molecule has 1 aromatic carbocycles. The average molecular weight is 612 g/mol. The molecule has 0 saturated carbocycles. The second-order valence-corrected chi connectivity index (χ2v) is 10.5. The topological polar surface area (TPSA) is 167 Å². The summed E-state index contributed by atoms with van der Waals surface area (Å²) < 4.78 is 10.4. The van der Waals surface area contributed by atoms with Gasteiger partial charge < -0.3 is 35.0 Å². The summed E-state index contributed by atoms with van der Waals surface area (Å²) in [6.07, 6.45) is 0.00995. The molecule has 2 aliphatic rings. The van der Waals surface area contributed by atoms with Gasteiger partial charge in [-0.05, 0) is 26.3 Å². The number of carbonyl (C=O) groups excluding carboxylic acids is 3. The molecule has 3 N–H and O–H groups in total. The lowest BCUT2D eigenvalue weighted by Crippen LogP contribution is -2.56. The lowest BCUT2D eigenvalue weighted by atomic mass is 10.1. The summed E-state index contributed by atoms with van der Waals surface area (Å²) >= 11 is 0. The Morgan fingerprint density at radius 2 is 1.70 bits per heavy atom. The number of hydrogen-bond acceptors (Lipinski definition) is 10. The van der Waals surface area contributed by atoms with E-state index in [-0.39, 0.29) is 51.3 Å². The first kappa shape index (κ1) is 32.6. The number of nitrogens with one attached hydrogen (secondary N) is 2. The van der Waals surface area contributed by atoms with Crippen LogP contribution in [0.25, 0.3) is 11.4 Å². The number of ether oxygens (including phenoxy) is 2. The van der Waals surface area contributed by atoms with Crippen molar-refractivity contribution in [2.45, 2.75) is 32.2 Å². The molecule has 2 aromatic rings. The number of carboxylic acid groups (broad SMARTS) is 1. The van der Waals surface area contributed by atoms with Gasteiger partial charge in [-0.25, -0.2) is 14.8 Å². The molecule has 3 amide bonds. The number of anilines is 1. The van der Waals surface area contributed by atoms with Crippen LogP contribution in [-0.2, 0) is 19.1 Å². The Kier molecular flexibility index (Phi) is 12.2. The van der Waals surface area contributed by atoms with Crippen LogP contribution in [0.4, 0.5) is 10.6 Å². The quantitative estimate of drug-likeness (QED) is 0.281. The van der Waals surface area contributed by atoms with E-state index >= 15 is 0 Å². The van der Waals surface area contributed by atoms with Gasteiger partial charge in [-0.2, -0.15) is 0 Å². The predicted molar refractivity (Wildman–Crippen MR) is 161 cm³/mol. The Hall–Kier alpha value is -4.30. The van der Waals surface area contributed by atoms with Gasteiger partial charge in [0.15, 0.2) is 5.82 Å². The van der Waals surface area contributed by atoms with Crippen LogP contribution in [0.3, 0.4) is 0 Å². The molecule has 0 aliphatic carbocycles. The zero-order valence-corrected chi connectivity index (χ0v) is 25.1. The number of amides is 3. The van der Waals surface area contributed by atoms with Gasteiger partial charge in [0, 0.05) is 63.9 Å². The van der Waals surface area contributed by atoms with E-state index in [1.165, 1.54) is 15.9 Å². The number of rotatable bonds is 13. The van der Waals surface area contributed by atoms with E-state index in [1.54, 1.807) is 6.92 Å². The number of carbonyl (C=O) groups is 4. The second kappa shape index (κ2) is 16.5. The summed E-state index contributed by atoms with van der Waals surface area (Å²) in [6, 6.07) is 9.70. The maximum absolute atomic E-state index is 13.5. The minimum Gasteiger partial charge on any atom is -0.481 e. The van der Waals surface area contributed by atoms with Crippen molar-refractivity contribution in [3.8, 4) is 11.4 Å². The highest BCUT2D eigenvalue weighted by Gasteiger charge is 2.31. The van der Waals surface area contributed by atoms with Crippen LogP contribution in [0, 0.1) is 0 Å². The number of hydrogen-bond donors (Lipinski definition) is 3. The van der Waals surface area contributed by atoms with E-state index in [0.717, 1.165) is 44.8 Å². The van der Waals surface area contributed by atoms with Crippen molar-refractivity contribution in [1.82, 2.24) is 30.0 Å². The normalized spacial score (nSPS) is 16.2. The lowest BCUT2D eigenvalue weighted by Gasteiger charge is -2.35. The number of aromatic nitrogens is 2. The third-order valence-electron chi connectivity index (χ3n) is 7.42. The molecular formula is C30H41N7O7. The third-order valence-corrected chi connectivity index (χ3v) is 7.42. The summed E-state index contributed by atoms with van der Waals surface area (Å²) in [6.45, 7) is 7.80. The molecule has 0 bridgehead atoms. The molecule has 2 aliphatic heterocycles. The highest BCUT2D eigenvalue weighted by Crippen LogP contribution is 2.19. The monoisotopic (exact) mass is 611 g/mol. The van der Waals surface area contributed by atoms with Crippen LogP contribution in [0.15, 0.2) is 36.4 Å². The van der Waals surface area contributed by atoms with E-state index in [9.17, 15) is 24.3 Å². The first-order chi connectivity index (χ1) is 21.3. The SMILES string of the molecule is CCOC(=O)N1CCN(C(=O)C(CCC(=O)O)NC(=O)c2cc(NCCCN3CCOCC3)nc(-c3ccccc3)n2)CC1. The van der Waals surface area contributed by atoms with Crippen LogP contribution >= 0.6 is 0 Å². The number of benzene rings is 1. The van der Waals surface area contributed by atoms with Crippen LogP contribution in [0.2, 0.25) is 0 Å². The van der Waals surface area contributed by atoms with Crippen molar-refractivity contribution < 1.29 is 33.8 Å². The third kappa shape index (κ3) is 9.61. The van der Waals surface area contributed by atoms with Crippen molar-refractivity contribution in [3.05, 3.63) is 42.1 Å². The van der Waals surface area contributed by atoms with Gasteiger partial charge in [0.2, 0.25) is 5.91 Å². The Morgan fingerprint density at radius 3 is 2.39 bits per heavy atom. The molecule has 4 rings (SSSR count). The Labute approximate surface area is 256 Å². The standard InChI is InChI=1S/C30H41N7O7/c1-2-44-30(42)37-15-13-36(14-16-37)29(41)23(9-10-26(38)39)33-28(40)24-21-25(31-11-6-12-35-17-19-43-20-18-35)34-27(32-24)22-7-4-3-5-8-22/h3-5,7-8,21,23H,2,6,9-20H2,1H3,(H,33,40)(H,38,39)(H,31,32,34). The fourth-order valence-electron chi connectivity index (χ4n) is 5.02. The Bertz CT molecular complexity index is 1270. The summed E-state index contributed by atoms with van der Waals surface area (Å²) in [5, 5.41) is 15.3. The van der Waals surface area contributed by atoms with E-state index in [0.29, 0.717) is 18.2 Å². The van der Waals surface area contributed by atoms with Crippen LogP contribution in [0.1, 0.15) is 36.7 Å². The minimum atomic E-state index is -1.09. The molecule has 3 heterocycles. The van der Waals surface area contributed by atoms with Gasteiger partial charge in [-0.1, -0.05) is 30.3 Å². The van der Waals surface area contributed by atoms with Gasteiger partial charge in [0.25, 0.3) is 5.91 Å². The molecule has 0 spiro atoms. The van der Waals surface area contributed by atoms with Gasteiger partial charge >= 0.3 is 12.1 Å². The molecule has 2 saturated heterocycles. The Balaban J connectivity index is 1.46. The van der Waals surface area contributed by atoms with Gasteiger partial charge in [0.1, 0.15) is 17.6 Å². The van der Waals surface area contributed by atoms with Crippen molar-refractivity contribution in [2.75, 3.05) is 77.5 Å². The second-order valence-electron chi connectivity index (χ2n) is 10.5. The van der Waals surface area contributed by atoms with Crippen molar-refractivity contribution >= 4 is 29.7 Å². The highest BCUT2D eigenvalue weighted by molar-refractivity contribution is 5.97. The minimum absolute atomic E-state index is 0.0507. The van der Waals surface area contributed by atoms with Crippen LogP contribution in [-0.4, -0.2) is 132 Å². The largest absolute Gasteiger partial charge is 0.481 e. The predicted octanol–water partition coefficient (Wildman–Crippen LogP) is 1.54. The molecule has 238 valence electrons. The fourth-order valence-corrected chi connectivity index (χ4v) is 5.02. The summed E-state index contributed by atoms with van der Waals surface area (Å²) in [7, 11) is 0. The first-order valence-corrected chi connectivity index (χ1v) is 15.1. The zero-order valence-electron chi connectivity index (χ0n) is 25.1.